The Morgan fingerprint density at radius 1 is 1.33 bits per heavy atom. The van der Waals surface area contributed by atoms with E-state index in [1.807, 2.05) is 17.7 Å². The molecule has 0 saturated heterocycles. The average Bonchev–Trinajstić information content (AvgIpc) is 2.33. The minimum absolute atomic E-state index is 0.376. The molecule has 0 saturated carbocycles. The highest BCUT2D eigenvalue weighted by atomic mass is 31.0. The number of rotatable bonds is 0. The van der Waals surface area contributed by atoms with Gasteiger partial charge in [-0.25, -0.2) is 0 Å². The molecule has 0 atom stereocenters. The van der Waals surface area contributed by atoms with E-state index in [-0.39, 0.29) is 0 Å². The predicted molar refractivity (Wildman–Crippen MR) is 35.1 cm³/mol. The van der Waals surface area contributed by atoms with Gasteiger partial charge in [0.05, 0.1) is 0 Å². The van der Waals surface area contributed by atoms with Gasteiger partial charge in [-0.05, 0) is 11.9 Å². The maximum Gasteiger partial charge on any atom is 0.231 e. The summed E-state index contributed by atoms with van der Waals surface area (Å²) in [4.78, 5) is 0. The monoisotopic (exact) mass is 140 g/mol. The number of hydrogen-bond acceptors (Lipinski definition) is 2. The van der Waals surface area contributed by atoms with Crippen LogP contribution >= 0.6 is 8.19 Å². The summed E-state index contributed by atoms with van der Waals surface area (Å²) in [5.41, 5.74) is 0. The molecule has 1 aromatic rings. The molecule has 2 nitrogen and oxygen atoms in total. The molecule has 0 amide bonds. The smallest absolute Gasteiger partial charge is 0.231 e. The zero-order valence-corrected chi connectivity index (χ0v) is 5.60. The highest BCUT2D eigenvalue weighted by molar-refractivity contribution is 7.28. The quantitative estimate of drug-likeness (QED) is 0.548. The molecule has 1 aromatic heterocycles. The van der Waals surface area contributed by atoms with Crippen LogP contribution < -0.4 is 9.47 Å². The summed E-state index contributed by atoms with van der Waals surface area (Å²) < 4.78 is 10.2. The third kappa shape index (κ3) is 0.757. The minimum Gasteiger partial charge on any atom is -0.454 e. The molecule has 1 aliphatic rings. The lowest BCUT2D eigenvalue weighted by Crippen LogP contribution is -1.92. The van der Waals surface area contributed by atoms with Crippen molar-refractivity contribution >= 4 is 8.19 Å². The molecule has 0 fully saturated rings. The first-order chi connectivity index (χ1) is 4.47. The van der Waals surface area contributed by atoms with Crippen LogP contribution in [0.3, 0.4) is 0 Å². The Kier molecular flexibility index (Phi) is 1.06. The van der Waals surface area contributed by atoms with E-state index in [0.717, 1.165) is 11.5 Å². The van der Waals surface area contributed by atoms with Crippen LogP contribution in [-0.4, -0.2) is 6.79 Å². The van der Waals surface area contributed by atoms with Crippen LogP contribution in [0.25, 0.3) is 0 Å². The van der Waals surface area contributed by atoms with Gasteiger partial charge < -0.3 is 9.47 Å². The summed E-state index contributed by atoms with van der Waals surface area (Å²) >= 11 is 0. The fourth-order valence-corrected chi connectivity index (χ4v) is 1.40. The molecule has 9 heavy (non-hydrogen) atoms. The fraction of sp³-hybridized carbons (Fsp3) is 0.167. The van der Waals surface area contributed by atoms with Crippen LogP contribution in [0.1, 0.15) is 0 Å². The molecular formula is C6H5O2P. The summed E-state index contributed by atoms with van der Waals surface area (Å²) in [6.07, 6.45) is 0. The van der Waals surface area contributed by atoms with Gasteiger partial charge in [-0.15, -0.1) is 0 Å². The zero-order chi connectivity index (χ0) is 6.10. The lowest BCUT2D eigenvalue weighted by Gasteiger charge is -1.89. The van der Waals surface area contributed by atoms with Gasteiger partial charge in [-0.2, -0.15) is 0 Å². The molecule has 2 rings (SSSR count). The molecule has 1 aliphatic heterocycles. The Labute approximate surface area is 54.5 Å². The highest BCUT2D eigenvalue weighted by Gasteiger charge is 2.09. The molecule has 46 valence electrons. The topological polar surface area (TPSA) is 18.5 Å². The summed E-state index contributed by atoms with van der Waals surface area (Å²) in [5, 5.41) is 0. The van der Waals surface area contributed by atoms with Crippen molar-refractivity contribution in [1.29, 1.82) is 0 Å². The van der Waals surface area contributed by atoms with E-state index in [4.69, 9.17) is 9.47 Å². The van der Waals surface area contributed by atoms with Gasteiger partial charge in [0.1, 0.15) is 0 Å². The van der Waals surface area contributed by atoms with Crippen molar-refractivity contribution in [1.82, 2.24) is 0 Å². The SMILES string of the molecule is c1cc2c(cp1)OCO2. The second-order valence-electron chi connectivity index (χ2n) is 1.73. The van der Waals surface area contributed by atoms with Gasteiger partial charge in [0, 0.05) is 5.80 Å². The summed E-state index contributed by atoms with van der Waals surface area (Å²) in [5.74, 6) is 5.77. The van der Waals surface area contributed by atoms with Gasteiger partial charge in [0.15, 0.2) is 11.5 Å². The largest absolute Gasteiger partial charge is 0.454 e. The maximum absolute atomic E-state index is 5.10. The molecule has 3 heteroatoms. The predicted octanol–water partition coefficient (Wildman–Crippen LogP) is 2.00. The summed E-state index contributed by atoms with van der Waals surface area (Å²) in [6, 6.07) is 1.93. The third-order valence-electron chi connectivity index (χ3n) is 1.18. The second kappa shape index (κ2) is 1.89. The van der Waals surface area contributed by atoms with E-state index < -0.39 is 0 Å². The van der Waals surface area contributed by atoms with E-state index in [2.05, 4.69) is 0 Å². The van der Waals surface area contributed by atoms with Crippen LogP contribution in [0.5, 0.6) is 11.5 Å². The molecule has 0 aliphatic carbocycles. The van der Waals surface area contributed by atoms with Crippen molar-refractivity contribution in [3.05, 3.63) is 17.7 Å². The molecule has 0 unspecified atom stereocenters. The standard InChI is InChI=1S/C6H5O2P/c1-2-9-3-6-5(1)7-4-8-6/h1-3H,4H2. The summed E-state index contributed by atoms with van der Waals surface area (Å²) in [6.45, 7) is 0.376. The van der Waals surface area contributed by atoms with Gasteiger partial charge in [-0.3, -0.25) is 0 Å². The maximum atomic E-state index is 5.10. The van der Waals surface area contributed by atoms with Gasteiger partial charge in [0.2, 0.25) is 6.79 Å². The first kappa shape index (κ1) is 5.07. The van der Waals surface area contributed by atoms with Crippen molar-refractivity contribution in [3.8, 4) is 11.5 Å². The Balaban J connectivity index is 2.54. The first-order valence-electron chi connectivity index (χ1n) is 2.66. The van der Waals surface area contributed by atoms with Crippen molar-refractivity contribution in [3.63, 3.8) is 0 Å². The minimum atomic E-state index is 0.376. The van der Waals surface area contributed by atoms with Gasteiger partial charge in [0.25, 0.3) is 0 Å². The second-order valence-corrected chi connectivity index (χ2v) is 2.58. The summed E-state index contributed by atoms with van der Waals surface area (Å²) in [7, 11) is 1.17. The Morgan fingerprint density at radius 3 is 3.11 bits per heavy atom. The number of hydrogen-bond donors (Lipinski definition) is 0. The van der Waals surface area contributed by atoms with Crippen LogP contribution in [0.4, 0.5) is 0 Å². The van der Waals surface area contributed by atoms with Crippen molar-refractivity contribution in [2.24, 2.45) is 0 Å². The van der Waals surface area contributed by atoms with Crippen LogP contribution in [0.2, 0.25) is 0 Å². The zero-order valence-electron chi connectivity index (χ0n) is 4.70. The molecule has 0 N–H and O–H groups in total. The van der Waals surface area contributed by atoms with Crippen molar-refractivity contribution < 1.29 is 9.47 Å². The van der Waals surface area contributed by atoms with Crippen molar-refractivity contribution in [2.45, 2.75) is 0 Å². The molecule has 0 spiro atoms. The Hall–Kier alpha value is -0.750. The Morgan fingerprint density at radius 2 is 2.22 bits per heavy atom. The van der Waals surface area contributed by atoms with Crippen LogP contribution in [0, 0.1) is 0 Å². The van der Waals surface area contributed by atoms with Gasteiger partial charge in [-0.1, -0.05) is 8.19 Å². The normalized spacial score (nSPS) is 14.7. The lowest BCUT2D eigenvalue weighted by atomic mass is 10.5. The lowest BCUT2D eigenvalue weighted by molar-refractivity contribution is 0.174. The molecular weight excluding hydrogens is 135 g/mol. The van der Waals surface area contributed by atoms with E-state index >= 15 is 0 Å². The van der Waals surface area contributed by atoms with E-state index in [1.54, 1.807) is 0 Å². The number of ether oxygens (including phenoxy) is 2. The third-order valence-corrected chi connectivity index (χ3v) is 1.88. The van der Waals surface area contributed by atoms with E-state index in [9.17, 15) is 0 Å². The molecule has 0 bridgehead atoms. The Bertz CT molecular complexity index is 201. The van der Waals surface area contributed by atoms with Crippen LogP contribution in [-0.2, 0) is 0 Å². The van der Waals surface area contributed by atoms with E-state index in [1.165, 1.54) is 8.19 Å². The van der Waals surface area contributed by atoms with Crippen molar-refractivity contribution in [2.75, 3.05) is 6.79 Å². The highest BCUT2D eigenvalue weighted by Crippen LogP contribution is 2.33. The fourth-order valence-electron chi connectivity index (χ4n) is 0.751. The first-order valence-corrected chi connectivity index (χ1v) is 3.70. The molecule has 2 heterocycles. The molecule has 0 radical (unpaired) electrons. The van der Waals surface area contributed by atoms with Gasteiger partial charge >= 0.3 is 0 Å². The van der Waals surface area contributed by atoms with E-state index in [0.29, 0.717) is 6.79 Å². The average molecular weight is 140 g/mol. The van der Waals surface area contributed by atoms with Crippen LogP contribution in [0.15, 0.2) is 17.7 Å². The number of fused-ring (bicyclic) bond motifs is 1. The molecule has 0 aromatic carbocycles.